The molecule has 2 unspecified atom stereocenters. The molecule has 254 valence electrons. The predicted molar refractivity (Wildman–Crippen MR) is 196 cm³/mol. The minimum absolute atomic E-state index is 0.0361. The lowest BCUT2D eigenvalue weighted by Gasteiger charge is -2.21. The van der Waals surface area contributed by atoms with Crippen LogP contribution in [0.4, 0.5) is 0 Å². The molecule has 0 aliphatic carbocycles. The molecule has 49 heavy (non-hydrogen) atoms. The number of ether oxygens (including phenoxy) is 3. The second-order valence-corrected chi connectivity index (χ2v) is 13.9. The van der Waals surface area contributed by atoms with Gasteiger partial charge in [0.2, 0.25) is 0 Å². The number of nitrogens with zero attached hydrogens (tertiary/aromatic N) is 4. The molecule has 0 fully saturated rings. The van der Waals surface area contributed by atoms with E-state index in [9.17, 15) is 4.79 Å². The van der Waals surface area contributed by atoms with Gasteiger partial charge in [0, 0.05) is 65.1 Å². The van der Waals surface area contributed by atoms with Crippen LogP contribution in [0.3, 0.4) is 0 Å². The number of hydrogen-bond donors (Lipinski definition) is 1. The van der Waals surface area contributed by atoms with Crippen molar-refractivity contribution in [3.63, 3.8) is 0 Å². The van der Waals surface area contributed by atoms with Crippen molar-refractivity contribution in [3.8, 4) is 16.9 Å². The van der Waals surface area contributed by atoms with Crippen molar-refractivity contribution >= 4 is 51.0 Å². The van der Waals surface area contributed by atoms with Gasteiger partial charge in [0.05, 0.1) is 36.9 Å². The third-order valence-corrected chi connectivity index (χ3v) is 10.9. The molecule has 9 nitrogen and oxygen atoms in total. The summed E-state index contributed by atoms with van der Waals surface area (Å²) in [5.74, 6) is 1.22. The average molecular weight is 698 g/mol. The number of hydrazine groups is 1. The predicted octanol–water partition coefficient (Wildman–Crippen LogP) is 7.54. The van der Waals surface area contributed by atoms with Gasteiger partial charge in [0.15, 0.2) is 0 Å². The van der Waals surface area contributed by atoms with Crippen LogP contribution in [0.15, 0.2) is 77.9 Å². The number of rotatable bonds is 2. The first kappa shape index (κ1) is 33.3. The summed E-state index contributed by atoms with van der Waals surface area (Å²) in [4.78, 5) is 14.5. The van der Waals surface area contributed by atoms with E-state index in [1.807, 2.05) is 55.5 Å². The maximum absolute atomic E-state index is 13.4. The molecule has 4 heterocycles. The molecule has 1 N–H and O–H groups in total. The quantitative estimate of drug-likeness (QED) is 0.150. The summed E-state index contributed by atoms with van der Waals surface area (Å²) in [7, 11) is 7.25. The van der Waals surface area contributed by atoms with Crippen LogP contribution in [0.25, 0.3) is 32.8 Å². The summed E-state index contributed by atoms with van der Waals surface area (Å²) in [6.07, 6.45) is 4.77. The van der Waals surface area contributed by atoms with Gasteiger partial charge in [-0.2, -0.15) is 5.10 Å². The molecule has 0 saturated carbocycles. The van der Waals surface area contributed by atoms with E-state index in [-0.39, 0.29) is 6.04 Å². The van der Waals surface area contributed by atoms with Crippen LogP contribution in [0.2, 0.25) is 5.02 Å². The van der Waals surface area contributed by atoms with E-state index in [2.05, 4.69) is 53.4 Å². The van der Waals surface area contributed by atoms with E-state index in [1.54, 1.807) is 17.8 Å². The second kappa shape index (κ2) is 13.6. The lowest BCUT2D eigenvalue weighted by atomic mass is 9.96. The number of hydrogen-bond acceptors (Lipinski definition) is 8. The van der Waals surface area contributed by atoms with Gasteiger partial charge >= 0.3 is 5.97 Å². The van der Waals surface area contributed by atoms with E-state index in [1.165, 1.54) is 12.8 Å². The second-order valence-electron chi connectivity index (χ2n) is 12.5. The van der Waals surface area contributed by atoms with E-state index < -0.39 is 12.1 Å². The SMILES string of the molecule is C=CC1OCC2C=C(CSc3cc(c4ccccc4c3)OCCCc3c(C(=O)OC)n(C)c4c(c(Cl)ccc34)-c3c1nn(C)c3C)N(C)N2. The zero-order valence-electron chi connectivity index (χ0n) is 28.4. The lowest BCUT2D eigenvalue weighted by Crippen LogP contribution is -2.37. The average Bonchev–Trinajstić information content (AvgIpc) is 3.70. The van der Waals surface area contributed by atoms with E-state index in [0.29, 0.717) is 42.5 Å². The summed E-state index contributed by atoms with van der Waals surface area (Å²) < 4.78 is 22.1. The first-order chi connectivity index (χ1) is 23.7. The van der Waals surface area contributed by atoms with Crippen LogP contribution in [0, 0.1) is 6.92 Å². The zero-order chi connectivity index (χ0) is 34.4. The number of carbonyl (C=O) groups excluding carboxylic acids is 1. The molecule has 11 heteroatoms. The van der Waals surface area contributed by atoms with Gasteiger partial charge in [0.1, 0.15) is 23.2 Å². The van der Waals surface area contributed by atoms with Gasteiger partial charge in [0.25, 0.3) is 0 Å². The highest BCUT2D eigenvalue weighted by Gasteiger charge is 2.30. The Morgan fingerprint density at radius 1 is 1.14 bits per heavy atom. The third-order valence-electron chi connectivity index (χ3n) is 9.53. The topological polar surface area (TPSA) is 82.8 Å². The molecule has 2 atom stereocenters. The van der Waals surface area contributed by atoms with Crippen LogP contribution in [0.5, 0.6) is 5.75 Å². The van der Waals surface area contributed by atoms with Crippen molar-refractivity contribution in [2.75, 3.05) is 33.1 Å². The van der Waals surface area contributed by atoms with Crippen molar-refractivity contribution in [1.29, 1.82) is 0 Å². The number of fused-ring (bicyclic) bond motifs is 7. The summed E-state index contributed by atoms with van der Waals surface area (Å²) in [6.45, 7) is 7.02. The molecule has 2 aliphatic heterocycles. The smallest absolute Gasteiger partial charge is 0.354 e. The van der Waals surface area contributed by atoms with Gasteiger partial charge in [-0.25, -0.2) is 10.2 Å². The number of methoxy groups -OCH3 is 1. The van der Waals surface area contributed by atoms with Crippen LogP contribution in [0.1, 0.15) is 40.0 Å². The normalized spacial score (nSPS) is 18.6. The number of aromatic nitrogens is 3. The van der Waals surface area contributed by atoms with Crippen LogP contribution in [-0.2, 0) is 30.0 Å². The van der Waals surface area contributed by atoms with Gasteiger partial charge in [-0.1, -0.05) is 48.0 Å². The number of halogens is 1. The van der Waals surface area contributed by atoms with Crippen LogP contribution < -0.4 is 10.2 Å². The molecule has 0 saturated heterocycles. The van der Waals surface area contributed by atoms with Crippen LogP contribution >= 0.6 is 23.4 Å². The summed E-state index contributed by atoms with van der Waals surface area (Å²) in [6, 6.07) is 16.5. The summed E-state index contributed by atoms with van der Waals surface area (Å²) in [5.41, 5.74) is 10.2. The minimum Gasteiger partial charge on any atom is -0.493 e. The monoisotopic (exact) mass is 697 g/mol. The maximum Gasteiger partial charge on any atom is 0.354 e. The highest BCUT2D eigenvalue weighted by atomic mass is 35.5. The lowest BCUT2D eigenvalue weighted by molar-refractivity contribution is 0.0589. The number of benzene rings is 3. The fourth-order valence-electron chi connectivity index (χ4n) is 7.04. The fourth-order valence-corrected chi connectivity index (χ4v) is 8.29. The first-order valence-electron chi connectivity index (χ1n) is 16.3. The van der Waals surface area contributed by atoms with Crippen molar-refractivity contribution in [2.24, 2.45) is 14.1 Å². The number of aryl methyl sites for hydroxylation is 3. The largest absolute Gasteiger partial charge is 0.493 e. The Hall–Kier alpha value is -4.22. The van der Waals surface area contributed by atoms with E-state index >= 15 is 0 Å². The number of carbonyl (C=O) groups is 1. The Morgan fingerprint density at radius 2 is 1.96 bits per heavy atom. The Bertz CT molecular complexity index is 2140. The Morgan fingerprint density at radius 3 is 2.76 bits per heavy atom. The molecular weight excluding hydrogens is 658 g/mol. The van der Waals surface area contributed by atoms with Gasteiger partial charge in [-0.3, -0.25) is 4.68 Å². The van der Waals surface area contributed by atoms with E-state index in [4.69, 9.17) is 30.9 Å². The molecule has 0 amide bonds. The molecule has 3 aromatic carbocycles. The van der Waals surface area contributed by atoms with Gasteiger partial charge < -0.3 is 23.8 Å². The number of thioether (sulfide) groups is 1. The molecule has 2 aromatic heterocycles. The summed E-state index contributed by atoms with van der Waals surface area (Å²) in [5, 5.41) is 10.7. The summed E-state index contributed by atoms with van der Waals surface area (Å²) >= 11 is 8.85. The Kier molecular flexibility index (Phi) is 9.23. The number of esters is 1. The van der Waals surface area contributed by atoms with Crippen molar-refractivity contribution in [1.82, 2.24) is 24.8 Å². The molecule has 0 radical (unpaired) electrons. The van der Waals surface area contributed by atoms with Crippen LogP contribution in [-0.4, -0.2) is 64.5 Å². The number of nitrogens with one attached hydrogen (secondary N) is 1. The zero-order valence-corrected chi connectivity index (χ0v) is 30.0. The fraction of sp³-hybridized carbons (Fsp3) is 0.316. The maximum atomic E-state index is 13.4. The minimum atomic E-state index is -0.512. The molecule has 2 aliphatic rings. The first-order valence-corrected chi connectivity index (χ1v) is 17.7. The Labute approximate surface area is 295 Å². The van der Waals surface area contributed by atoms with Gasteiger partial charge in [-0.15, -0.1) is 18.3 Å². The molecular formula is C38H40ClN5O4S. The molecule has 8 bridgehead atoms. The molecule has 0 spiro atoms. The van der Waals surface area contributed by atoms with Crippen molar-refractivity contribution in [2.45, 2.75) is 36.8 Å². The molecule has 7 rings (SSSR count). The Balaban J connectivity index is 1.38. The van der Waals surface area contributed by atoms with Crippen molar-refractivity contribution in [3.05, 3.63) is 101 Å². The van der Waals surface area contributed by atoms with E-state index in [0.717, 1.165) is 60.5 Å². The van der Waals surface area contributed by atoms with Gasteiger partial charge in [-0.05, 0) is 55.0 Å². The standard InChI is InChI=1S/C38H40ClN5O4S/c1-7-31-35-33(22(2)43(4)41-35)34-30(39)15-14-29-28(37(38(45)46-6)42(3)36(29)34)13-10-16-47-32-19-26(17-23-11-8-9-12-27(23)32)49-21-25-18-24(20-48-31)40-44(25)5/h7-9,11-12,14-15,17-19,24,31,40H,1,10,13,16,20-21H2,2-6H3. The highest BCUT2D eigenvalue weighted by Crippen LogP contribution is 2.44. The molecule has 5 aromatic rings. The third kappa shape index (κ3) is 6.01. The highest BCUT2D eigenvalue weighted by molar-refractivity contribution is 7.99. The van der Waals surface area contributed by atoms with Crippen molar-refractivity contribution < 1.29 is 19.0 Å².